The Kier molecular flexibility index (Phi) is 4.34. The summed E-state index contributed by atoms with van der Waals surface area (Å²) in [4.78, 5) is 44.6. The number of rotatable bonds is 3. The standard InChI is InChI=1S/C28H22N2O3/c1-17-11-14-20(15-12-17)29-27(32)23-22-16-13-18-7-5-6-10-21(18)30(22)25(24(23)28(29)33)26(31)19-8-3-2-4-9-19/h2-16,22-25H,1H3/t22-,23+,24+,25+/m1/s1. The van der Waals surface area contributed by atoms with Crippen LogP contribution in [0.25, 0.3) is 6.08 Å². The number of Topliss-reactive ketones (excluding diaryl/α,β-unsaturated/α-hetero) is 1. The Labute approximate surface area is 191 Å². The second-order valence-corrected chi connectivity index (χ2v) is 8.89. The maximum Gasteiger partial charge on any atom is 0.240 e. The number of hydrogen-bond donors (Lipinski definition) is 0. The molecular formula is C28H22N2O3. The largest absolute Gasteiger partial charge is 0.352 e. The van der Waals surface area contributed by atoms with Crippen molar-refractivity contribution in [3.63, 3.8) is 0 Å². The molecule has 3 aromatic rings. The van der Waals surface area contributed by atoms with E-state index in [0.717, 1.165) is 16.8 Å². The first-order valence-corrected chi connectivity index (χ1v) is 11.2. The molecule has 4 atom stereocenters. The molecule has 162 valence electrons. The number of carbonyl (C=O) groups is 3. The second-order valence-electron chi connectivity index (χ2n) is 8.89. The predicted molar refractivity (Wildman–Crippen MR) is 127 cm³/mol. The molecule has 0 saturated carbocycles. The Morgan fingerprint density at radius 1 is 0.788 bits per heavy atom. The summed E-state index contributed by atoms with van der Waals surface area (Å²) < 4.78 is 0. The molecule has 2 saturated heterocycles. The minimum Gasteiger partial charge on any atom is -0.352 e. The van der Waals surface area contributed by atoms with Gasteiger partial charge >= 0.3 is 0 Å². The molecule has 3 aliphatic heterocycles. The minimum absolute atomic E-state index is 0.134. The van der Waals surface area contributed by atoms with Crippen molar-refractivity contribution in [2.24, 2.45) is 11.8 Å². The third-order valence-corrected chi connectivity index (χ3v) is 7.03. The molecule has 3 aliphatic rings. The van der Waals surface area contributed by atoms with Crippen LogP contribution >= 0.6 is 0 Å². The summed E-state index contributed by atoms with van der Waals surface area (Å²) in [6, 6.07) is 23.1. The number of imide groups is 1. The number of carbonyl (C=O) groups excluding carboxylic acids is 3. The van der Waals surface area contributed by atoms with Crippen LogP contribution in [-0.2, 0) is 9.59 Å². The number of ketones is 1. The van der Waals surface area contributed by atoms with Gasteiger partial charge in [0.05, 0.1) is 23.6 Å². The van der Waals surface area contributed by atoms with E-state index in [2.05, 4.69) is 0 Å². The van der Waals surface area contributed by atoms with Gasteiger partial charge in [0.2, 0.25) is 11.8 Å². The summed E-state index contributed by atoms with van der Waals surface area (Å²) in [5.74, 6) is -2.03. The smallest absolute Gasteiger partial charge is 0.240 e. The van der Waals surface area contributed by atoms with Crippen molar-refractivity contribution in [2.75, 3.05) is 9.80 Å². The molecule has 5 heteroatoms. The third kappa shape index (κ3) is 2.82. The SMILES string of the molecule is Cc1ccc(N2C(=O)[C@@H]3[C@H](C2=O)[C@@H](C(=O)c2ccccc2)N2c4ccccc4C=C[C@H]32)cc1. The normalized spacial score (nSPS) is 25.1. The zero-order valence-electron chi connectivity index (χ0n) is 18.1. The van der Waals surface area contributed by atoms with E-state index in [1.165, 1.54) is 4.90 Å². The van der Waals surface area contributed by atoms with Gasteiger partial charge in [-0.05, 0) is 30.7 Å². The van der Waals surface area contributed by atoms with Crippen LogP contribution < -0.4 is 9.80 Å². The van der Waals surface area contributed by atoms with Crippen LogP contribution in [-0.4, -0.2) is 29.7 Å². The number of fused-ring (bicyclic) bond motifs is 5. The van der Waals surface area contributed by atoms with Crippen molar-refractivity contribution >= 4 is 35.0 Å². The first-order valence-electron chi connectivity index (χ1n) is 11.2. The summed E-state index contributed by atoms with van der Waals surface area (Å²) in [6.45, 7) is 1.96. The fourth-order valence-corrected chi connectivity index (χ4v) is 5.54. The van der Waals surface area contributed by atoms with E-state index in [4.69, 9.17) is 0 Å². The van der Waals surface area contributed by atoms with E-state index in [-0.39, 0.29) is 23.6 Å². The molecule has 2 amide bonds. The van der Waals surface area contributed by atoms with Gasteiger partial charge in [0, 0.05) is 11.3 Å². The third-order valence-electron chi connectivity index (χ3n) is 7.03. The van der Waals surface area contributed by atoms with E-state index in [1.54, 1.807) is 24.3 Å². The number of para-hydroxylation sites is 1. The molecule has 33 heavy (non-hydrogen) atoms. The van der Waals surface area contributed by atoms with Crippen molar-refractivity contribution < 1.29 is 14.4 Å². The molecule has 0 radical (unpaired) electrons. The summed E-state index contributed by atoms with van der Waals surface area (Å²) >= 11 is 0. The summed E-state index contributed by atoms with van der Waals surface area (Å²) in [5, 5.41) is 0. The molecule has 0 bridgehead atoms. The molecule has 0 unspecified atom stereocenters. The molecule has 0 aromatic heterocycles. The molecule has 3 aromatic carbocycles. The monoisotopic (exact) mass is 434 g/mol. The number of aryl methyl sites for hydroxylation is 1. The Balaban J connectivity index is 1.50. The highest BCUT2D eigenvalue weighted by Gasteiger charge is 2.64. The zero-order chi connectivity index (χ0) is 22.7. The van der Waals surface area contributed by atoms with Crippen LogP contribution in [0.5, 0.6) is 0 Å². The van der Waals surface area contributed by atoms with E-state index in [1.807, 2.05) is 78.6 Å². The molecule has 0 N–H and O–H groups in total. The van der Waals surface area contributed by atoms with Gasteiger partial charge in [0.1, 0.15) is 6.04 Å². The molecule has 0 spiro atoms. The van der Waals surface area contributed by atoms with Gasteiger partial charge in [-0.2, -0.15) is 0 Å². The molecular weight excluding hydrogens is 412 g/mol. The maximum absolute atomic E-state index is 13.8. The molecule has 2 fully saturated rings. The molecule has 3 heterocycles. The lowest BCUT2D eigenvalue weighted by Crippen LogP contribution is -2.48. The van der Waals surface area contributed by atoms with Crippen molar-refractivity contribution in [2.45, 2.75) is 19.0 Å². The van der Waals surface area contributed by atoms with Crippen molar-refractivity contribution in [3.8, 4) is 0 Å². The molecule has 6 rings (SSSR count). The van der Waals surface area contributed by atoms with Crippen LogP contribution in [0.2, 0.25) is 0 Å². The zero-order valence-corrected chi connectivity index (χ0v) is 18.1. The highest BCUT2D eigenvalue weighted by Crippen LogP contribution is 2.49. The summed E-state index contributed by atoms with van der Waals surface area (Å²) in [5.41, 5.74) is 4.02. The maximum atomic E-state index is 13.8. The highest BCUT2D eigenvalue weighted by atomic mass is 16.2. The van der Waals surface area contributed by atoms with Crippen LogP contribution in [0.3, 0.4) is 0 Å². The van der Waals surface area contributed by atoms with Gasteiger partial charge < -0.3 is 4.90 Å². The first-order chi connectivity index (χ1) is 16.1. The predicted octanol–water partition coefficient (Wildman–Crippen LogP) is 4.27. The Morgan fingerprint density at radius 3 is 2.21 bits per heavy atom. The van der Waals surface area contributed by atoms with Gasteiger partial charge in [-0.15, -0.1) is 0 Å². The van der Waals surface area contributed by atoms with Crippen molar-refractivity contribution in [1.82, 2.24) is 0 Å². The molecule has 0 aliphatic carbocycles. The van der Waals surface area contributed by atoms with Crippen LogP contribution in [0.15, 0.2) is 84.9 Å². The van der Waals surface area contributed by atoms with E-state index in [0.29, 0.717) is 11.3 Å². The van der Waals surface area contributed by atoms with Crippen LogP contribution in [0.1, 0.15) is 21.5 Å². The number of hydrogen-bond acceptors (Lipinski definition) is 4. The quantitative estimate of drug-likeness (QED) is 0.456. The first kappa shape index (κ1) is 19.7. The second kappa shape index (κ2) is 7.27. The van der Waals surface area contributed by atoms with Gasteiger partial charge in [-0.1, -0.05) is 78.4 Å². The van der Waals surface area contributed by atoms with Crippen LogP contribution in [0.4, 0.5) is 11.4 Å². The average Bonchev–Trinajstić information content (AvgIpc) is 3.33. The fraction of sp³-hybridized carbons (Fsp3) is 0.179. The highest BCUT2D eigenvalue weighted by molar-refractivity contribution is 6.25. The average molecular weight is 434 g/mol. The molecule has 5 nitrogen and oxygen atoms in total. The Hall–Kier alpha value is -3.99. The number of benzene rings is 3. The van der Waals surface area contributed by atoms with Gasteiger partial charge in [-0.3, -0.25) is 14.4 Å². The Bertz CT molecular complexity index is 1310. The van der Waals surface area contributed by atoms with E-state index >= 15 is 0 Å². The van der Waals surface area contributed by atoms with Crippen molar-refractivity contribution in [3.05, 3.63) is 102 Å². The number of anilines is 2. The number of amides is 2. The van der Waals surface area contributed by atoms with Crippen LogP contribution in [0, 0.1) is 18.8 Å². The minimum atomic E-state index is -0.750. The van der Waals surface area contributed by atoms with Gasteiger partial charge in [0.15, 0.2) is 5.78 Å². The lowest BCUT2D eigenvalue weighted by atomic mass is 9.86. The van der Waals surface area contributed by atoms with Gasteiger partial charge in [-0.25, -0.2) is 4.90 Å². The summed E-state index contributed by atoms with van der Waals surface area (Å²) in [6.07, 6.45) is 3.97. The fourth-order valence-electron chi connectivity index (χ4n) is 5.54. The number of nitrogens with zero attached hydrogens (tertiary/aromatic N) is 2. The Morgan fingerprint density at radius 2 is 1.45 bits per heavy atom. The lowest BCUT2D eigenvalue weighted by Gasteiger charge is -2.36. The topological polar surface area (TPSA) is 57.7 Å². The van der Waals surface area contributed by atoms with Gasteiger partial charge in [0.25, 0.3) is 0 Å². The van der Waals surface area contributed by atoms with E-state index in [9.17, 15) is 14.4 Å². The lowest BCUT2D eigenvalue weighted by molar-refractivity contribution is -0.122. The summed E-state index contributed by atoms with van der Waals surface area (Å²) in [7, 11) is 0. The van der Waals surface area contributed by atoms with E-state index < -0.39 is 17.9 Å². The van der Waals surface area contributed by atoms with Crippen molar-refractivity contribution in [1.29, 1.82) is 0 Å².